The van der Waals surface area contributed by atoms with Crippen LogP contribution in [0.5, 0.6) is 0 Å². The molecule has 1 aromatic carbocycles. The highest BCUT2D eigenvalue weighted by Gasteiger charge is 2.27. The summed E-state index contributed by atoms with van der Waals surface area (Å²) in [5, 5.41) is 0.0451. The Kier molecular flexibility index (Phi) is 3.33. The van der Waals surface area contributed by atoms with Crippen molar-refractivity contribution >= 4 is 23.1 Å². The Balaban J connectivity index is 2.37. The van der Waals surface area contributed by atoms with Crippen molar-refractivity contribution in [2.24, 2.45) is 0 Å². The first-order valence-electron chi connectivity index (χ1n) is 5.42. The summed E-state index contributed by atoms with van der Waals surface area (Å²) in [5.74, 6) is -1.22. The molecule has 0 aromatic heterocycles. The summed E-state index contributed by atoms with van der Waals surface area (Å²) in [6.45, 7) is 2.25. The second kappa shape index (κ2) is 4.61. The number of rotatable bonds is 1. The fourth-order valence-corrected chi connectivity index (χ4v) is 2.45. The highest BCUT2D eigenvalue weighted by molar-refractivity contribution is 6.33. The quantitative estimate of drug-likeness (QED) is 0.772. The molecule has 0 aliphatic carbocycles. The van der Waals surface area contributed by atoms with Gasteiger partial charge in [-0.25, -0.2) is 8.78 Å². The van der Waals surface area contributed by atoms with E-state index in [1.54, 1.807) is 4.90 Å². The first kappa shape index (κ1) is 12.3. The molecule has 2 rings (SSSR count). The second-order valence-electron chi connectivity index (χ2n) is 4.25. The minimum atomic E-state index is -0.697. The van der Waals surface area contributed by atoms with Crippen LogP contribution >= 0.6 is 11.6 Å². The zero-order chi connectivity index (χ0) is 12.6. The van der Waals surface area contributed by atoms with Gasteiger partial charge in [-0.05, 0) is 13.0 Å². The fourth-order valence-electron chi connectivity index (χ4n) is 2.15. The molecule has 5 heteroatoms. The Bertz CT molecular complexity index is 441. The van der Waals surface area contributed by atoms with Gasteiger partial charge >= 0.3 is 0 Å². The predicted octanol–water partition coefficient (Wildman–Crippen LogP) is 3.18. The lowest BCUT2D eigenvalue weighted by Gasteiger charge is -2.35. The molecule has 1 saturated heterocycles. The van der Waals surface area contributed by atoms with Crippen molar-refractivity contribution in [3.05, 3.63) is 28.8 Å². The SMILES string of the molecule is CC1CC(=O)CCN1c1c(F)cc(F)cc1Cl. The van der Waals surface area contributed by atoms with Crippen LogP contribution in [0, 0.1) is 11.6 Å². The van der Waals surface area contributed by atoms with Gasteiger partial charge in [0.2, 0.25) is 0 Å². The maximum Gasteiger partial charge on any atom is 0.150 e. The third-order valence-corrected chi connectivity index (χ3v) is 3.24. The van der Waals surface area contributed by atoms with Crippen LogP contribution in [0.1, 0.15) is 19.8 Å². The number of Topliss-reactive ketones (excluding diaryl/α,β-unsaturated/α-hetero) is 1. The summed E-state index contributed by atoms with van der Waals surface area (Å²) in [5.41, 5.74) is 0.188. The van der Waals surface area contributed by atoms with E-state index in [0.29, 0.717) is 19.4 Å². The van der Waals surface area contributed by atoms with Crippen molar-refractivity contribution in [1.82, 2.24) is 0 Å². The van der Waals surface area contributed by atoms with Crippen molar-refractivity contribution in [2.75, 3.05) is 11.4 Å². The smallest absolute Gasteiger partial charge is 0.150 e. The Morgan fingerprint density at radius 2 is 2.12 bits per heavy atom. The van der Waals surface area contributed by atoms with E-state index in [2.05, 4.69) is 0 Å². The van der Waals surface area contributed by atoms with Crippen molar-refractivity contribution in [3.63, 3.8) is 0 Å². The summed E-state index contributed by atoms with van der Waals surface area (Å²) < 4.78 is 26.7. The maximum atomic E-state index is 13.7. The lowest BCUT2D eigenvalue weighted by molar-refractivity contribution is -0.120. The average molecular weight is 260 g/mol. The molecule has 1 fully saturated rings. The van der Waals surface area contributed by atoms with Crippen molar-refractivity contribution in [1.29, 1.82) is 0 Å². The van der Waals surface area contributed by atoms with Crippen LogP contribution in [0.25, 0.3) is 0 Å². The van der Waals surface area contributed by atoms with E-state index in [1.165, 1.54) is 0 Å². The minimum Gasteiger partial charge on any atom is -0.364 e. The van der Waals surface area contributed by atoms with E-state index in [4.69, 9.17) is 11.6 Å². The third-order valence-electron chi connectivity index (χ3n) is 2.96. The van der Waals surface area contributed by atoms with E-state index >= 15 is 0 Å². The fraction of sp³-hybridized carbons (Fsp3) is 0.417. The largest absolute Gasteiger partial charge is 0.364 e. The second-order valence-corrected chi connectivity index (χ2v) is 4.66. The molecule has 0 bridgehead atoms. The van der Waals surface area contributed by atoms with Gasteiger partial charge in [0, 0.05) is 31.5 Å². The molecule has 2 nitrogen and oxygen atoms in total. The van der Waals surface area contributed by atoms with Gasteiger partial charge in [-0.2, -0.15) is 0 Å². The molecule has 1 aliphatic rings. The summed E-state index contributed by atoms with van der Waals surface area (Å²) in [6, 6.07) is 1.78. The van der Waals surface area contributed by atoms with Crippen LogP contribution in [0.2, 0.25) is 5.02 Å². The van der Waals surface area contributed by atoms with Crippen LogP contribution in [0.4, 0.5) is 14.5 Å². The summed E-state index contributed by atoms with van der Waals surface area (Å²) in [6.07, 6.45) is 0.741. The van der Waals surface area contributed by atoms with Gasteiger partial charge in [0.05, 0.1) is 10.7 Å². The van der Waals surface area contributed by atoms with Crippen LogP contribution in [-0.2, 0) is 4.79 Å². The first-order valence-corrected chi connectivity index (χ1v) is 5.79. The van der Waals surface area contributed by atoms with Crippen molar-refractivity contribution in [3.8, 4) is 0 Å². The number of hydrogen-bond acceptors (Lipinski definition) is 2. The lowest BCUT2D eigenvalue weighted by Crippen LogP contribution is -2.41. The highest BCUT2D eigenvalue weighted by atomic mass is 35.5. The van der Waals surface area contributed by atoms with Gasteiger partial charge in [0.25, 0.3) is 0 Å². The van der Waals surface area contributed by atoms with E-state index < -0.39 is 11.6 Å². The summed E-state index contributed by atoms with van der Waals surface area (Å²) in [4.78, 5) is 13.0. The molecule has 0 amide bonds. The van der Waals surface area contributed by atoms with E-state index in [1.807, 2.05) is 6.92 Å². The molecule has 0 N–H and O–H groups in total. The number of nitrogens with zero attached hydrogens (tertiary/aromatic N) is 1. The maximum absolute atomic E-state index is 13.7. The van der Waals surface area contributed by atoms with Gasteiger partial charge in [-0.3, -0.25) is 4.79 Å². The standard InChI is InChI=1S/C12H12ClF2NO/c1-7-4-9(17)2-3-16(7)12-10(13)5-8(14)6-11(12)15/h5-7H,2-4H2,1H3. The monoisotopic (exact) mass is 259 g/mol. The number of carbonyl (C=O) groups excluding carboxylic acids is 1. The molecular weight excluding hydrogens is 248 g/mol. The van der Waals surface area contributed by atoms with Gasteiger partial charge in [0.15, 0.2) is 5.82 Å². The molecular formula is C12H12ClF2NO. The third kappa shape index (κ3) is 2.41. The molecule has 0 saturated carbocycles. The molecule has 1 atom stereocenters. The Morgan fingerprint density at radius 1 is 1.41 bits per heavy atom. The number of halogens is 3. The van der Waals surface area contributed by atoms with E-state index in [9.17, 15) is 13.6 Å². The van der Waals surface area contributed by atoms with E-state index in [0.717, 1.165) is 12.1 Å². The molecule has 92 valence electrons. The number of carbonyl (C=O) groups is 1. The topological polar surface area (TPSA) is 20.3 Å². The molecule has 17 heavy (non-hydrogen) atoms. The molecule has 1 aromatic rings. The average Bonchev–Trinajstić information content (AvgIpc) is 2.19. The molecule has 0 radical (unpaired) electrons. The zero-order valence-electron chi connectivity index (χ0n) is 9.34. The van der Waals surface area contributed by atoms with Gasteiger partial charge < -0.3 is 4.90 Å². The van der Waals surface area contributed by atoms with Gasteiger partial charge in [-0.1, -0.05) is 11.6 Å². The van der Waals surface area contributed by atoms with Gasteiger partial charge in [-0.15, -0.1) is 0 Å². The lowest BCUT2D eigenvalue weighted by atomic mass is 10.0. The van der Waals surface area contributed by atoms with Crippen LogP contribution < -0.4 is 4.90 Å². The summed E-state index contributed by atoms with van der Waals surface area (Å²) in [7, 11) is 0. The number of ketones is 1. The predicted molar refractivity (Wildman–Crippen MR) is 62.4 cm³/mol. The Labute approximate surface area is 103 Å². The highest BCUT2D eigenvalue weighted by Crippen LogP contribution is 2.33. The van der Waals surface area contributed by atoms with Crippen molar-refractivity contribution < 1.29 is 13.6 Å². The molecule has 0 spiro atoms. The number of piperidine rings is 1. The molecule has 1 aliphatic heterocycles. The van der Waals surface area contributed by atoms with Crippen LogP contribution in [0.15, 0.2) is 12.1 Å². The van der Waals surface area contributed by atoms with Crippen LogP contribution in [-0.4, -0.2) is 18.4 Å². The first-order chi connectivity index (χ1) is 7.99. The Morgan fingerprint density at radius 3 is 2.71 bits per heavy atom. The van der Waals surface area contributed by atoms with E-state index in [-0.39, 0.29) is 22.5 Å². The zero-order valence-corrected chi connectivity index (χ0v) is 10.1. The minimum absolute atomic E-state index is 0.0451. The number of benzene rings is 1. The summed E-state index contributed by atoms with van der Waals surface area (Å²) >= 11 is 5.86. The number of hydrogen-bond donors (Lipinski definition) is 0. The van der Waals surface area contributed by atoms with Crippen molar-refractivity contribution in [2.45, 2.75) is 25.8 Å². The van der Waals surface area contributed by atoms with Crippen LogP contribution in [0.3, 0.4) is 0 Å². The Hall–Kier alpha value is -1.16. The normalized spacial score (nSPS) is 20.8. The molecule has 1 heterocycles. The van der Waals surface area contributed by atoms with Gasteiger partial charge in [0.1, 0.15) is 11.6 Å². The molecule has 1 unspecified atom stereocenters. The number of anilines is 1.